The second-order valence-corrected chi connectivity index (χ2v) is 7.20. The van der Waals surface area contributed by atoms with Gasteiger partial charge >= 0.3 is 11.7 Å². The molecule has 29 heavy (non-hydrogen) atoms. The minimum absolute atomic E-state index is 0.173. The van der Waals surface area contributed by atoms with E-state index in [0.29, 0.717) is 24.1 Å². The highest BCUT2D eigenvalue weighted by Gasteiger charge is 2.27. The Morgan fingerprint density at radius 3 is 2.79 bits per heavy atom. The van der Waals surface area contributed by atoms with Gasteiger partial charge in [0.1, 0.15) is 6.54 Å². The highest BCUT2D eigenvalue weighted by molar-refractivity contribution is 6.30. The van der Waals surface area contributed by atoms with E-state index in [1.54, 1.807) is 17.6 Å². The van der Waals surface area contributed by atoms with E-state index in [1.165, 1.54) is 11.6 Å². The number of hydrogen-bond acceptors (Lipinski definition) is 6. The third kappa shape index (κ3) is 3.21. The van der Waals surface area contributed by atoms with Crippen LogP contribution in [0.2, 0.25) is 5.02 Å². The Hall–Kier alpha value is -3.07. The summed E-state index contributed by atoms with van der Waals surface area (Å²) in [6, 6.07) is 7.38. The van der Waals surface area contributed by atoms with Gasteiger partial charge in [-0.3, -0.25) is 14.2 Å². The average Bonchev–Trinajstić information content (AvgIpc) is 3.09. The van der Waals surface area contributed by atoms with Crippen molar-refractivity contribution in [3.05, 3.63) is 50.1 Å². The van der Waals surface area contributed by atoms with Crippen molar-refractivity contribution in [2.75, 3.05) is 18.1 Å². The summed E-state index contributed by atoms with van der Waals surface area (Å²) in [7, 11) is 1.54. The standard InChI is InChI=1S/C19H20ClN5O4/c1-3-29-14(26)11-25-17(27)15-16(22(2)19(25)28)21-18-23(8-5-9-24(15)18)13-7-4-6-12(20)10-13/h4,6-7,10H,3,5,8-9,11H2,1-2H3. The number of fused-ring (bicyclic) bond motifs is 3. The van der Waals surface area contributed by atoms with Crippen LogP contribution in [0, 0.1) is 0 Å². The molecule has 0 N–H and O–H groups in total. The van der Waals surface area contributed by atoms with E-state index >= 15 is 0 Å². The van der Waals surface area contributed by atoms with Crippen molar-refractivity contribution in [1.29, 1.82) is 0 Å². The highest BCUT2D eigenvalue weighted by atomic mass is 35.5. The Balaban J connectivity index is 1.92. The number of anilines is 2. The maximum atomic E-state index is 13.1. The first-order valence-corrected chi connectivity index (χ1v) is 9.69. The number of benzene rings is 1. The van der Waals surface area contributed by atoms with E-state index in [4.69, 9.17) is 16.3 Å². The van der Waals surface area contributed by atoms with Crippen LogP contribution in [-0.4, -0.2) is 37.8 Å². The van der Waals surface area contributed by atoms with Crippen molar-refractivity contribution < 1.29 is 9.53 Å². The molecule has 1 aliphatic heterocycles. The van der Waals surface area contributed by atoms with E-state index < -0.39 is 23.8 Å². The van der Waals surface area contributed by atoms with E-state index in [-0.39, 0.29) is 17.8 Å². The van der Waals surface area contributed by atoms with Gasteiger partial charge in [-0.15, -0.1) is 0 Å². The summed E-state index contributed by atoms with van der Waals surface area (Å²) >= 11 is 6.14. The molecule has 3 aromatic rings. The molecule has 1 aromatic carbocycles. The fourth-order valence-corrected chi connectivity index (χ4v) is 3.81. The van der Waals surface area contributed by atoms with Crippen molar-refractivity contribution >= 4 is 40.4 Å². The Bertz CT molecular complexity index is 1230. The fraction of sp³-hybridized carbons (Fsp3) is 0.368. The monoisotopic (exact) mass is 417 g/mol. The van der Waals surface area contributed by atoms with E-state index in [0.717, 1.165) is 16.7 Å². The number of aromatic nitrogens is 4. The summed E-state index contributed by atoms with van der Waals surface area (Å²) in [6.07, 6.45) is 0.783. The third-order valence-corrected chi connectivity index (χ3v) is 5.16. The van der Waals surface area contributed by atoms with Gasteiger partial charge in [-0.1, -0.05) is 17.7 Å². The smallest absolute Gasteiger partial charge is 0.333 e. The molecule has 1 aliphatic rings. The van der Waals surface area contributed by atoms with Crippen molar-refractivity contribution in [2.45, 2.75) is 26.4 Å². The first kappa shape index (κ1) is 19.3. The zero-order chi connectivity index (χ0) is 20.7. The molecule has 0 aliphatic carbocycles. The zero-order valence-corrected chi connectivity index (χ0v) is 16.8. The molecule has 0 amide bonds. The lowest BCUT2D eigenvalue weighted by Gasteiger charge is -2.29. The van der Waals surface area contributed by atoms with Gasteiger partial charge in [-0.25, -0.2) is 9.36 Å². The number of halogens is 1. The van der Waals surface area contributed by atoms with Gasteiger partial charge in [0.15, 0.2) is 11.2 Å². The zero-order valence-electron chi connectivity index (χ0n) is 16.1. The number of carbonyl (C=O) groups excluding carboxylic acids is 1. The molecule has 152 valence electrons. The van der Waals surface area contributed by atoms with Crippen LogP contribution in [0.5, 0.6) is 0 Å². The number of esters is 1. The van der Waals surface area contributed by atoms with Crippen LogP contribution >= 0.6 is 11.6 Å². The first-order valence-electron chi connectivity index (χ1n) is 9.31. The van der Waals surface area contributed by atoms with Gasteiger partial charge in [-0.2, -0.15) is 4.98 Å². The van der Waals surface area contributed by atoms with Crippen LogP contribution in [0.25, 0.3) is 11.2 Å². The molecule has 0 atom stereocenters. The van der Waals surface area contributed by atoms with Gasteiger partial charge in [0.25, 0.3) is 5.56 Å². The van der Waals surface area contributed by atoms with Crippen molar-refractivity contribution in [3.63, 3.8) is 0 Å². The summed E-state index contributed by atoms with van der Waals surface area (Å²) in [6.45, 7) is 2.69. The molecule has 0 radical (unpaired) electrons. The molecule has 0 saturated carbocycles. The number of rotatable bonds is 4. The topological polar surface area (TPSA) is 91.4 Å². The van der Waals surface area contributed by atoms with Crippen LogP contribution in [0.3, 0.4) is 0 Å². The Kier molecular flexibility index (Phi) is 4.91. The summed E-state index contributed by atoms with van der Waals surface area (Å²) in [5, 5.41) is 0.597. The second kappa shape index (κ2) is 7.40. The Morgan fingerprint density at radius 2 is 2.07 bits per heavy atom. The van der Waals surface area contributed by atoms with Crippen molar-refractivity contribution in [1.82, 2.24) is 18.7 Å². The van der Waals surface area contributed by atoms with Crippen molar-refractivity contribution in [3.8, 4) is 0 Å². The van der Waals surface area contributed by atoms with Gasteiger partial charge in [0.2, 0.25) is 5.95 Å². The molecule has 4 rings (SSSR count). The summed E-state index contributed by atoms with van der Waals surface area (Å²) in [4.78, 5) is 44.3. The second-order valence-electron chi connectivity index (χ2n) is 6.76. The van der Waals surface area contributed by atoms with Gasteiger partial charge in [0.05, 0.1) is 6.61 Å². The number of carbonyl (C=O) groups is 1. The number of aryl methyl sites for hydroxylation is 2. The molecule has 0 unspecified atom stereocenters. The maximum absolute atomic E-state index is 13.1. The normalized spacial score (nSPS) is 13.6. The van der Waals surface area contributed by atoms with Gasteiger partial charge < -0.3 is 14.2 Å². The molecule has 0 saturated heterocycles. The Morgan fingerprint density at radius 1 is 1.28 bits per heavy atom. The quantitative estimate of drug-likeness (QED) is 0.599. The Labute approximate surface area is 170 Å². The molecule has 0 bridgehead atoms. The van der Waals surface area contributed by atoms with Crippen molar-refractivity contribution in [2.24, 2.45) is 7.05 Å². The summed E-state index contributed by atoms with van der Waals surface area (Å²) in [5.74, 6) is -0.0699. The molecule has 3 heterocycles. The maximum Gasteiger partial charge on any atom is 0.333 e. The number of ether oxygens (including phenoxy) is 1. The molecule has 2 aromatic heterocycles. The predicted molar refractivity (Wildman–Crippen MR) is 109 cm³/mol. The largest absolute Gasteiger partial charge is 0.465 e. The van der Waals surface area contributed by atoms with Crippen LogP contribution in [-0.2, 0) is 29.7 Å². The molecular weight excluding hydrogens is 398 g/mol. The highest BCUT2D eigenvalue weighted by Crippen LogP contribution is 2.32. The van der Waals surface area contributed by atoms with Crippen LogP contribution < -0.4 is 16.1 Å². The average molecular weight is 418 g/mol. The molecule has 9 nitrogen and oxygen atoms in total. The van der Waals surface area contributed by atoms with Gasteiger partial charge in [0, 0.05) is 30.8 Å². The lowest BCUT2D eigenvalue weighted by molar-refractivity contribution is -0.143. The SMILES string of the molecule is CCOC(=O)Cn1c(=O)c2c(nc3n2CCCN3c2cccc(Cl)c2)n(C)c1=O. The van der Waals surface area contributed by atoms with Gasteiger partial charge in [-0.05, 0) is 31.5 Å². The summed E-state index contributed by atoms with van der Waals surface area (Å²) in [5.41, 5.74) is 0.260. The number of imidazole rings is 1. The lowest BCUT2D eigenvalue weighted by Crippen LogP contribution is -2.41. The fourth-order valence-electron chi connectivity index (χ4n) is 3.63. The minimum atomic E-state index is -0.634. The molecule has 0 spiro atoms. The van der Waals surface area contributed by atoms with E-state index in [1.807, 2.05) is 23.1 Å². The minimum Gasteiger partial charge on any atom is -0.465 e. The van der Waals surface area contributed by atoms with Crippen LogP contribution in [0.15, 0.2) is 33.9 Å². The van der Waals surface area contributed by atoms with E-state index in [2.05, 4.69) is 4.98 Å². The van der Waals surface area contributed by atoms with E-state index in [9.17, 15) is 14.4 Å². The molecule has 10 heteroatoms. The summed E-state index contributed by atoms with van der Waals surface area (Å²) < 4.78 is 8.88. The third-order valence-electron chi connectivity index (χ3n) is 4.93. The molecular formula is C19H20ClN5O4. The lowest BCUT2D eigenvalue weighted by atomic mass is 10.2. The first-order chi connectivity index (χ1) is 13.9. The number of hydrogen-bond donors (Lipinski definition) is 0. The molecule has 0 fully saturated rings. The van der Waals surface area contributed by atoms with Crippen LogP contribution in [0.4, 0.5) is 11.6 Å². The number of nitrogens with zero attached hydrogens (tertiary/aromatic N) is 5. The predicted octanol–water partition coefficient (Wildman–Crippen LogP) is 1.65. The van der Waals surface area contributed by atoms with Crippen LogP contribution in [0.1, 0.15) is 13.3 Å².